The Morgan fingerprint density at radius 3 is 2.48 bits per heavy atom. The SMILES string of the molecule is CCC(=O)N(CCOC)CC(=O)Nc1nc(-c2ccccc2)cn1-c1ccc(F)cc1. The summed E-state index contributed by atoms with van der Waals surface area (Å²) in [6.07, 6.45) is 2.07. The van der Waals surface area contributed by atoms with Crippen LogP contribution in [0.25, 0.3) is 16.9 Å². The number of imidazole rings is 1. The molecule has 0 spiro atoms. The molecule has 2 amide bonds. The Morgan fingerprint density at radius 1 is 1.13 bits per heavy atom. The van der Waals surface area contributed by atoms with Gasteiger partial charge >= 0.3 is 0 Å². The Morgan fingerprint density at radius 2 is 1.84 bits per heavy atom. The number of methoxy groups -OCH3 is 1. The Hall–Kier alpha value is -3.52. The van der Waals surface area contributed by atoms with Crippen molar-refractivity contribution in [2.45, 2.75) is 13.3 Å². The molecule has 0 fully saturated rings. The van der Waals surface area contributed by atoms with Crippen molar-refractivity contribution in [1.82, 2.24) is 14.5 Å². The summed E-state index contributed by atoms with van der Waals surface area (Å²) in [6, 6.07) is 15.4. The van der Waals surface area contributed by atoms with Crippen LogP contribution >= 0.6 is 0 Å². The molecular formula is C23H25FN4O3. The van der Waals surface area contributed by atoms with Crippen LogP contribution in [0.15, 0.2) is 60.8 Å². The number of carbonyl (C=O) groups excluding carboxylic acids is 2. The van der Waals surface area contributed by atoms with Crippen molar-refractivity contribution in [3.05, 3.63) is 66.6 Å². The quantitative estimate of drug-likeness (QED) is 0.570. The normalized spacial score (nSPS) is 10.7. The number of benzene rings is 2. The molecule has 0 aliphatic heterocycles. The van der Waals surface area contributed by atoms with E-state index in [-0.39, 0.29) is 30.1 Å². The number of nitrogens with one attached hydrogen (secondary N) is 1. The molecule has 2 aromatic carbocycles. The third-order valence-corrected chi connectivity index (χ3v) is 4.69. The van der Waals surface area contributed by atoms with E-state index in [1.54, 1.807) is 36.9 Å². The highest BCUT2D eigenvalue weighted by molar-refractivity contribution is 5.93. The summed E-state index contributed by atoms with van der Waals surface area (Å²) in [7, 11) is 1.54. The molecule has 0 radical (unpaired) electrons. The Balaban J connectivity index is 1.88. The van der Waals surface area contributed by atoms with Crippen molar-refractivity contribution in [3.63, 3.8) is 0 Å². The zero-order valence-electron chi connectivity index (χ0n) is 17.5. The number of aromatic nitrogens is 2. The molecule has 1 aromatic heterocycles. The monoisotopic (exact) mass is 424 g/mol. The second-order valence-electron chi connectivity index (χ2n) is 6.87. The maximum absolute atomic E-state index is 13.4. The zero-order valence-corrected chi connectivity index (χ0v) is 17.5. The average molecular weight is 424 g/mol. The summed E-state index contributed by atoms with van der Waals surface area (Å²) in [6.45, 7) is 2.28. The van der Waals surface area contributed by atoms with Crippen molar-refractivity contribution in [3.8, 4) is 16.9 Å². The van der Waals surface area contributed by atoms with Crippen LogP contribution in [0.5, 0.6) is 0 Å². The van der Waals surface area contributed by atoms with Gasteiger partial charge in [0.1, 0.15) is 12.4 Å². The summed E-state index contributed by atoms with van der Waals surface area (Å²) >= 11 is 0. The lowest BCUT2D eigenvalue weighted by atomic mass is 10.2. The number of hydrogen-bond donors (Lipinski definition) is 1. The lowest BCUT2D eigenvalue weighted by Crippen LogP contribution is -2.39. The molecule has 0 unspecified atom stereocenters. The van der Waals surface area contributed by atoms with Crippen LogP contribution in [-0.2, 0) is 14.3 Å². The van der Waals surface area contributed by atoms with Gasteiger partial charge < -0.3 is 9.64 Å². The second-order valence-corrected chi connectivity index (χ2v) is 6.87. The molecule has 1 N–H and O–H groups in total. The molecule has 3 aromatic rings. The summed E-state index contributed by atoms with van der Waals surface area (Å²) < 4.78 is 20.1. The lowest BCUT2D eigenvalue weighted by Gasteiger charge is -2.21. The fraction of sp³-hybridized carbons (Fsp3) is 0.261. The van der Waals surface area contributed by atoms with Crippen LogP contribution in [0.1, 0.15) is 13.3 Å². The standard InChI is InChI=1S/C23H25FN4O3/c1-3-22(30)27(13-14-31-2)16-21(29)26-23-25-20(17-7-5-4-6-8-17)15-28(23)19-11-9-18(24)10-12-19/h4-12,15H,3,13-14,16H2,1-2H3,(H,25,26,29). The maximum atomic E-state index is 13.4. The van der Waals surface area contributed by atoms with E-state index in [2.05, 4.69) is 10.3 Å². The molecule has 8 heteroatoms. The van der Waals surface area contributed by atoms with Gasteiger partial charge in [0.15, 0.2) is 0 Å². The van der Waals surface area contributed by atoms with E-state index < -0.39 is 0 Å². The third kappa shape index (κ3) is 5.76. The predicted octanol–water partition coefficient (Wildman–Crippen LogP) is 3.50. The second kappa shape index (κ2) is 10.5. The fourth-order valence-electron chi connectivity index (χ4n) is 3.07. The van der Waals surface area contributed by atoms with Crippen LogP contribution in [0.4, 0.5) is 10.3 Å². The van der Waals surface area contributed by atoms with E-state index in [0.717, 1.165) is 5.56 Å². The minimum Gasteiger partial charge on any atom is -0.383 e. The maximum Gasteiger partial charge on any atom is 0.246 e. The van der Waals surface area contributed by atoms with E-state index in [1.165, 1.54) is 17.0 Å². The zero-order chi connectivity index (χ0) is 22.2. The van der Waals surface area contributed by atoms with Crippen molar-refractivity contribution < 1.29 is 18.7 Å². The number of ether oxygens (including phenoxy) is 1. The molecule has 0 aliphatic carbocycles. The van der Waals surface area contributed by atoms with Crippen LogP contribution in [0, 0.1) is 5.82 Å². The molecule has 31 heavy (non-hydrogen) atoms. The minimum atomic E-state index is -0.383. The summed E-state index contributed by atoms with van der Waals surface area (Å²) in [5.74, 6) is -0.596. The van der Waals surface area contributed by atoms with Gasteiger partial charge in [-0.3, -0.25) is 19.5 Å². The van der Waals surface area contributed by atoms with Crippen molar-refractivity contribution >= 4 is 17.8 Å². The molecule has 0 saturated heterocycles. The van der Waals surface area contributed by atoms with Gasteiger partial charge in [0, 0.05) is 37.5 Å². The van der Waals surface area contributed by atoms with Gasteiger partial charge in [0.05, 0.1) is 12.3 Å². The van der Waals surface area contributed by atoms with Gasteiger partial charge in [-0.2, -0.15) is 0 Å². The van der Waals surface area contributed by atoms with Gasteiger partial charge in [0.25, 0.3) is 0 Å². The molecule has 0 saturated carbocycles. The fourth-order valence-corrected chi connectivity index (χ4v) is 3.07. The first kappa shape index (κ1) is 22.2. The number of anilines is 1. The number of nitrogens with zero attached hydrogens (tertiary/aromatic N) is 3. The third-order valence-electron chi connectivity index (χ3n) is 4.69. The number of hydrogen-bond acceptors (Lipinski definition) is 4. The van der Waals surface area contributed by atoms with Gasteiger partial charge in [-0.1, -0.05) is 37.3 Å². The molecule has 1 heterocycles. The lowest BCUT2D eigenvalue weighted by molar-refractivity contribution is -0.135. The molecule has 7 nitrogen and oxygen atoms in total. The highest BCUT2D eigenvalue weighted by Crippen LogP contribution is 2.24. The van der Waals surface area contributed by atoms with Gasteiger partial charge in [-0.05, 0) is 24.3 Å². The van der Waals surface area contributed by atoms with E-state index in [9.17, 15) is 14.0 Å². The first-order chi connectivity index (χ1) is 15.0. The summed E-state index contributed by atoms with van der Waals surface area (Å²) in [5, 5.41) is 2.78. The summed E-state index contributed by atoms with van der Waals surface area (Å²) in [5.41, 5.74) is 2.18. The average Bonchev–Trinajstić information content (AvgIpc) is 3.20. The number of amides is 2. The van der Waals surface area contributed by atoms with Crippen LogP contribution < -0.4 is 5.32 Å². The molecule has 162 valence electrons. The first-order valence-electron chi connectivity index (χ1n) is 9.99. The van der Waals surface area contributed by atoms with E-state index in [4.69, 9.17) is 4.74 Å². The van der Waals surface area contributed by atoms with Gasteiger partial charge in [-0.15, -0.1) is 0 Å². The van der Waals surface area contributed by atoms with Gasteiger partial charge in [0.2, 0.25) is 17.8 Å². The minimum absolute atomic E-state index is 0.118. The van der Waals surface area contributed by atoms with Crippen LogP contribution in [0.2, 0.25) is 0 Å². The van der Waals surface area contributed by atoms with Crippen LogP contribution in [0.3, 0.4) is 0 Å². The smallest absolute Gasteiger partial charge is 0.246 e. The first-order valence-corrected chi connectivity index (χ1v) is 9.99. The Kier molecular flexibility index (Phi) is 7.50. The van der Waals surface area contributed by atoms with E-state index in [1.807, 2.05) is 30.3 Å². The number of halogens is 1. The molecule has 3 rings (SSSR count). The van der Waals surface area contributed by atoms with Crippen molar-refractivity contribution in [2.75, 3.05) is 32.1 Å². The van der Waals surface area contributed by atoms with Crippen molar-refractivity contribution in [1.29, 1.82) is 0 Å². The van der Waals surface area contributed by atoms with E-state index >= 15 is 0 Å². The number of carbonyl (C=O) groups is 2. The Labute approximate surface area is 180 Å². The molecule has 0 bridgehead atoms. The topological polar surface area (TPSA) is 76.5 Å². The highest BCUT2D eigenvalue weighted by Gasteiger charge is 2.18. The van der Waals surface area contributed by atoms with Gasteiger partial charge in [-0.25, -0.2) is 9.37 Å². The summed E-state index contributed by atoms with van der Waals surface area (Å²) in [4.78, 5) is 30.9. The highest BCUT2D eigenvalue weighted by atomic mass is 19.1. The van der Waals surface area contributed by atoms with E-state index in [0.29, 0.717) is 31.0 Å². The number of rotatable bonds is 9. The Bertz CT molecular complexity index is 1020. The molecular weight excluding hydrogens is 399 g/mol. The molecule has 0 aliphatic rings. The predicted molar refractivity (Wildman–Crippen MR) is 116 cm³/mol. The molecule has 0 atom stereocenters. The largest absolute Gasteiger partial charge is 0.383 e. The van der Waals surface area contributed by atoms with Crippen LogP contribution in [-0.4, -0.2) is 53.1 Å². The van der Waals surface area contributed by atoms with Crippen molar-refractivity contribution in [2.24, 2.45) is 0 Å².